The fourth-order valence-electron chi connectivity index (χ4n) is 0.860. The monoisotopic (exact) mass is 152 g/mol. The molecule has 11 heavy (non-hydrogen) atoms. The van der Waals surface area contributed by atoms with Gasteiger partial charge in [0.05, 0.1) is 6.33 Å². The maximum absolute atomic E-state index is 7.03. The molecule has 0 aromatic carbocycles. The SMILES string of the molecule is [2H]C([2H])([2H])Nc1ncnc2nc[nH]c12. The molecule has 0 amide bonds. The van der Waals surface area contributed by atoms with Gasteiger partial charge >= 0.3 is 0 Å². The summed E-state index contributed by atoms with van der Waals surface area (Å²) in [6.45, 7) is -2.27. The van der Waals surface area contributed by atoms with E-state index in [1.54, 1.807) is 0 Å². The zero-order valence-electron chi connectivity index (χ0n) is 8.50. The number of nitrogens with one attached hydrogen (secondary N) is 2. The highest BCUT2D eigenvalue weighted by Gasteiger charge is 2.01. The van der Waals surface area contributed by atoms with Gasteiger partial charge < -0.3 is 10.3 Å². The zero-order chi connectivity index (χ0) is 10.2. The lowest BCUT2D eigenvalue weighted by molar-refractivity contribution is 1.19. The van der Waals surface area contributed by atoms with Crippen molar-refractivity contribution in [2.75, 3.05) is 12.3 Å². The van der Waals surface area contributed by atoms with E-state index in [0.717, 1.165) is 0 Å². The molecule has 0 saturated heterocycles. The van der Waals surface area contributed by atoms with Gasteiger partial charge in [-0.15, -0.1) is 0 Å². The van der Waals surface area contributed by atoms with E-state index in [9.17, 15) is 0 Å². The van der Waals surface area contributed by atoms with E-state index in [1.165, 1.54) is 12.7 Å². The molecule has 0 spiro atoms. The summed E-state index contributed by atoms with van der Waals surface area (Å²) in [7, 11) is 0. The smallest absolute Gasteiger partial charge is 0.182 e. The molecule has 0 aliphatic rings. The predicted octanol–water partition coefficient (Wildman–Crippen LogP) is 0.395. The van der Waals surface area contributed by atoms with Crippen molar-refractivity contribution in [3.8, 4) is 0 Å². The first-order valence-corrected chi connectivity index (χ1v) is 2.98. The Labute approximate surface area is 67.1 Å². The van der Waals surface area contributed by atoms with Gasteiger partial charge in [0.25, 0.3) is 0 Å². The van der Waals surface area contributed by atoms with Crippen LogP contribution in [0.5, 0.6) is 0 Å². The summed E-state index contributed by atoms with van der Waals surface area (Å²) in [6, 6.07) is 0. The fourth-order valence-corrected chi connectivity index (χ4v) is 0.860. The summed E-state index contributed by atoms with van der Waals surface area (Å²) in [4.78, 5) is 14.3. The second-order valence-corrected chi connectivity index (χ2v) is 1.95. The van der Waals surface area contributed by atoms with Gasteiger partial charge in [0.2, 0.25) is 0 Å². The number of imidazole rings is 1. The van der Waals surface area contributed by atoms with Gasteiger partial charge in [0.1, 0.15) is 11.8 Å². The third-order valence-corrected chi connectivity index (χ3v) is 1.34. The molecule has 0 bridgehead atoms. The van der Waals surface area contributed by atoms with Crippen LogP contribution in [0.25, 0.3) is 11.2 Å². The van der Waals surface area contributed by atoms with E-state index >= 15 is 0 Å². The Morgan fingerprint density at radius 1 is 1.55 bits per heavy atom. The minimum atomic E-state index is -2.27. The van der Waals surface area contributed by atoms with Gasteiger partial charge in [-0.25, -0.2) is 15.0 Å². The van der Waals surface area contributed by atoms with Crippen molar-refractivity contribution < 1.29 is 4.11 Å². The molecule has 0 unspecified atom stereocenters. The van der Waals surface area contributed by atoms with E-state index in [1.807, 2.05) is 0 Å². The largest absolute Gasteiger partial charge is 0.371 e. The van der Waals surface area contributed by atoms with Crippen molar-refractivity contribution in [1.29, 1.82) is 0 Å². The summed E-state index contributed by atoms with van der Waals surface area (Å²) >= 11 is 0. The van der Waals surface area contributed by atoms with Crippen molar-refractivity contribution in [3.05, 3.63) is 12.7 Å². The lowest BCUT2D eigenvalue weighted by atomic mass is 10.5. The molecule has 0 atom stereocenters. The van der Waals surface area contributed by atoms with Gasteiger partial charge in [-0.3, -0.25) is 0 Å². The molecule has 0 fully saturated rings. The van der Waals surface area contributed by atoms with Crippen LogP contribution in [0.3, 0.4) is 0 Å². The van der Waals surface area contributed by atoms with Crippen LogP contribution in [0, 0.1) is 0 Å². The minimum Gasteiger partial charge on any atom is -0.371 e. The van der Waals surface area contributed by atoms with E-state index in [0.29, 0.717) is 11.2 Å². The first kappa shape index (κ1) is 3.66. The summed E-state index contributed by atoms with van der Waals surface area (Å²) in [5, 5.41) is 2.29. The van der Waals surface area contributed by atoms with Crippen molar-refractivity contribution in [2.24, 2.45) is 0 Å². The van der Waals surface area contributed by atoms with E-state index in [2.05, 4.69) is 25.3 Å². The molecular weight excluding hydrogens is 142 g/mol. The van der Waals surface area contributed by atoms with Crippen LogP contribution in [0.4, 0.5) is 5.82 Å². The number of nitrogens with zero attached hydrogens (tertiary/aromatic N) is 3. The van der Waals surface area contributed by atoms with Crippen LogP contribution in [-0.4, -0.2) is 26.9 Å². The highest BCUT2D eigenvalue weighted by atomic mass is 15.1. The van der Waals surface area contributed by atoms with E-state index < -0.39 is 6.98 Å². The highest BCUT2D eigenvalue weighted by Crippen LogP contribution is 2.12. The summed E-state index contributed by atoms with van der Waals surface area (Å²) in [5.41, 5.74) is 0.926. The lowest BCUT2D eigenvalue weighted by Gasteiger charge is -1.96. The molecule has 2 heterocycles. The second kappa shape index (κ2) is 2.19. The van der Waals surface area contributed by atoms with Crippen LogP contribution in [0.1, 0.15) is 4.11 Å². The first-order valence-electron chi connectivity index (χ1n) is 4.48. The Balaban J connectivity index is 2.46. The number of hydrogen-bond donors (Lipinski definition) is 2. The molecule has 0 aliphatic heterocycles. The molecule has 2 aromatic rings. The molecule has 0 radical (unpaired) electrons. The van der Waals surface area contributed by atoms with Gasteiger partial charge in [-0.2, -0.15) is 0 Å². The normalized spacial score (nSPS) is 15.5. The topological polar surface area (TPSA) is 66.5 Å². The van der Waals surface area contributed by atoms with Crippen LogP contribution >= 0.6 is 0 Å². The Kier molecular flexibility index (Phi) is 0.728. The van der Waals surface area contributed by atoms with Gasteiger partial charge in [0, 0.05) is 11.1 Å². The lowest BCUT2D eigenvalue weighted by Crippen LogP contribution is -1.93. The molecule has 2 aromatic heterocycles. The van der Waals surface area contributed by atoms with Gasteiger partial charge in [-0.05, 0) is 0 Å². The zero-order valence-corrected chi connectivity index (χ0v) is 5.50. The Morgan fingerprint density at radius 2 is 2.55 bits per heavy atom. The van der Waals surface area contributed by atoms with Crippen molar-refractivity contribution >= 4 is 17.0 Å². The number of rotatable bonds is 1. The van der Waals surface area contributed by atoms with Crippen LogP contribution in [-0.2, 0) is 0 Å². The predicted molar refractivity (Wildman–Crippen MR) is 41.2 cm³/mol. The Hall–Kier alpha value is -1.65. The number of H-pyrrole nitrogens is 1. The summed E-state index contributed by atoms with van der Waals surface area (Å²) in [5.74, 6) is 0.229. The van der Waals surface area contributed by atoms with Crippen LogP contribution < -0.4 is 5.32 Å². The summed E-state index contributed by atoms with van der Waals surface area (Å²) in [6.07, 6.45) is 2.70. The molecule has 5 nitrogen and oxygen atoms in total. The molecular formula is C6H7N5. The van der Waals surface area contributed by atoms with Gasteiger partial charge in [-0.1, -0.05) is 0 Å². The molecule has 2 rings (SSSR count). The standard InChI is InChI=1S/C6H7N5/c1-7-5-4-6(10-2-8-4)11-3-9-5/h2-3H,1H3,(H2,7,8,9,10,11)/i1D3. The average molecular weight is 152 g/mol. The first-order chi connectivity index (χ1) is 6.56. The second-order valence-electron chi connectivity index (χ2n) is 1.95. The Morgan fingerprint density at radius 3 is 3.45 bits per heavy atom. The molecule has 5 heteroatoms. The average Bonchev–Trinajstić information content (AvgIpc) is 2.49. The van der Waals surface area contributed by atoms with Crippen LogP contribution in [0.2, 0.25) is 0 Å². The number of aromatic nitrogens is 4. The summed E-state index contributed by atoms with van der Waals surface area (Å²) < 4.78 is 21.1. The molecule has 0 aliphatic carbocycles. The van der Waals surface area contributed by atoms with Crippen LogP contribution in [0.15, 0.2) is 12.7 Å². The highest BCUT2D eigenvalue weighted by molar-refractivity contribution is 5.81. The number of fused-ring (bicyclic) bond motifs is 1. The maximum Gasteiger partial charge on any atom is 0.182 e. The van der Waals surface area contributed by atoms with Crippen molar-refractivity contribution in [3.63, 3.8) is 0 Å². The fraction of sp³-hybridized carbons (Fsp3) is 0.167. The van der Waals surface area contributed by atoms with E-state index in [-0.39, 0.29) is 5.82 Å². The number of anilines is 1. The van der Waals surface area contributed by atoms with Crippen molar-refractivity contribution in [1.82, 2.24) is 19.9 Å². The maximum atomic E-state index is 7.03. The quantitative estimate of drug-likeness (QED) is 0.620. The molecule has 56 valence electrons. The number of aromatic amines is 1. The van der Waals surface area contributed by atoms with E-state index in [4.69, 9.17) is 4.11 Å². The molecule has 0 saturated carbocycles. The minimum absolute atomic E-state index is 0.229. The molecule has 2 N–H and O–H groups in total. The third kappa shape index (κ3) is 0.813. The van der Waals surface area contributed by atoms with Crippen molar-refractivity contribution in [2.45, 2.75) is 0 Å². The number of hydrogen-bond acceptors (Lipinski definition) is 4. The Bertz CT molecular complexity index is 448. The third-order valence-electron chi connectivity index (χ3n) is 1.34. The van der Waals surface area contributed by atoms with Gasteiger partial charge in [0.15, 0.2) is 11.5 Å².